The molecule has 0 radical (unpaired) electrons. The maximum atomic E-state index is 8.36. The van der Waals surface area contributed by atoms with E-state index in [1.54, 1.807) is 11.8 Å². The minimum atomic E-state index is 0.533. The molecular formula is C10H11NS. The van der Waals surface area contributed by atoms with Crippen molar-refractivity contribution in [2.45, 2.75) is 18.2 Å². The Morgan fingerprint density at radius 1 is 1.33 bits per heavy atom. The molecule has 0 N–H and O–H groups in total. The van der Waals surface area contributed by atoms with Gasteiger partial charge in [-0.2, -0.15) is 5.26 Å². The molecule has 0 heterocycles. The van der Waals surface area contributed by atoms with Crippen LogP contribution in [-0.2, 0) is 6.42 Å². The predicted octanol–water partition coefficient (Wildman–Crippen LogP) is 2.86. The maximum Gasteiger partial charge on any atom is 0.0855 e. The molecule has 0 aliphatic heterocycles. The van der Waals surface area contributed by atoms with Gasteiger partial charge in [0.1, 0.15) is 0 Å². The fourth-order valence-electron chi connectivity index (χ4n) is 0.937. The number of aryl methyl sites for hydroxylation is 1. The van der Waals surface area contributed by atoms with Crippen molar-refractivity contribution in [3.05, 3.63) is 29.8 Å². The van der Waals surface area contributed by atoms with Crippen molar-refractivity contribution in [2.24, 2.45) is 0 Å². The molecule has 62 valence electrons. The summed E-state index contributed by atoms with van der Waals surface area (Å²) >= 11 is 1.58. The fourth-order valence-corrected chi connectivity index (χ4v) is 1.50. The number of nitriles is 1. The number of nitrogens with zero attached hydrogens (tertiary/aromatic N) is 1. The number of thioether (sulfide) groups is 1. The first kappa shape index (κ1) is 9.15. The van der Waals surface area contributed by atoms with Gasteiger partial charge in [-0.25, -0.2) is 0 Å². The van der Waals surface area contributed by atoms with E-state index in [1.807, 2.05) is 0 Å². The van der Waals surface area contributed by atoms with Crippen molar-refractivity contribution < 1.29 is 0 Å². The molecule has 0 aliphatic rings. The summed E-state index contributed by atoms with van der Waals surface area (Å²) in [6.45, 7) is 2.14. The third-order valence-electron chi connectivity index (χ3n) is 1.63. The van der Waals surface area contributed by atoms with Gasteiger partial charge in [0.2, 0.25) is 0 Å². The minimum absolute atomic E-state index is 0.533. The van der Waals surface area contributed by atoms with E-state index in [0.29, 0.717) is 5.75 Å². The molecule has 0 amide bonds. The molecule has 1 aromatic rings. The molecule has 0 saturated heterocycles. The Bertz CT molecular complexity index is 271. The summed E-state index contributed by atoms with van der Waals surface area (Å²) in [5, 5.41) is 8.36. The SMILES string of the molecule is CCc1ccc(SCC#N)cc1. The summed E-state index contributed by atoms with van der Waals surface area (Å²) in [5.41, 5.74) is 1.34. The van der Waals surface area contributed by atoms with Gasteiger partial charge in [0, 0.05) is 4.90 Å². The highest BCUT2D eigenvalue weighted by Gasteiger charge is 1.92. The van der Waals surface area contributed by atoms with Crippen LogP contribution in [0.15, 0.2) is 29.2 Å². The highest BCUT2D eigenvalue weighted by Crippen LogP contribution is 2.17. The van der Waals surface area contributed by atoms with Gasteiger partial charge in [-0.3, -0.25) is 0 Å². The largest absolute Gasteiger partial charge is 0.197 e. The van der Waals surface area contributed by atoms with Crippen LogP contribution in [-0.4, -0.2) is 5.75 Å². The molecule has 0 aliphatic carbocycles. The lowest BCUT2D eigenvalue weighted by Crippen LogP contribution is -1.79. The molecule has 0 bridgehead atoms. The second kappa shape index (κ2) is 4.84. The molecule has 1 rings (SSSR count). The summed E-state index contributed by atoms with van der Waals surface area (Å²) in [6.07, 6.45) is 1.07. The summed E-state index contributed by atoms with van der Waals surface area (Å²) in [4.78, 5) is 1.17. The Morgan fingerprint density at radius 2 is 2.00 bits per heavy atom. The molecular weight excluding hydrogens is 166 g/mol. The molecule has 2 heteroatoms. The van der Waals surface area contributed by atoms with E-state index in [-0.39, 0.29) is 0 Å². The average molecular weight is 177 g/mol. The Balaban J connectivity index is 2.60. The zero-order valence-electron chi connectivity index (χ0n) is 7.08. The number of benzene rings is 1. The van der Waals surface area contributed by atoms with E-state index < -0.39 is 0 Å². The Labute approximate surface area is 77.4 Å². The van der Waals surface area contributed by atoms with Crippen LogP contribution in [0.2, 0.25) is 0 Å². The molecule has 0 aromatic heterocycles. The second-order valence-corrected chi connectivity index (χ2v) is 3.49. The molecule has 0 atom stereocenters. The topological polar surface area (TPSA) is 23.8 Å². The zero-order chi connectivity index (χ0) is 8.81. The van der Waals surface area contributed by atoms with Crippen LogP contribution in [0.25, 0.3) is 0 Å². The van der Waals surface area contributed by atoms with Crippen molar-refractivity contribution >= 4 is 11.8 Å². The van der Waals surface area contributed by atoms with Gasteiger partial charge in [-0.1, -0.05) is 19.1 Å². The van der Waals surface area contributed by atoms with Gasteiger partial charge in [-0.15, -0.1) is 11.8 Å². The van der Waals surface area contributed by atoms with Crippen LogP contribution >= 0.6 is 11.8 Å². The summed E-state index contributed by atoms with van der Waals surface area (Å²) < 4.78 is 0. The monoisotopic (exact) mass is 177 g/mol. The van der Waals surface area contributed by atoms with Gasteiger partial charge in [0.25, 0.3) is 0 Å². The summed E-state index contributed by atoms with van der Waals surface area (Å²) in [7, 11) is 0. The van der Waals surface area contributed by atoms with Crippen LogP contribution in [0.4, 0.5) is 0 Å². The van der Waals surface area contributed by atoms with Gasteiger partial charge in [0.05, 0.1) is 11.8 Å². The van der Waals surface area contributed by atoms with E-state index in [0.717, 1.165) is 6.42 Å². The number of hydrogen-bond acceptors (Lipinski definition) is 2. The van der Waals surface area contributed by atoms with Crippen LogP contribution in [0.3, 0.4) is 0 Å². The van der Waals surface area contributed by atoms with Crippen molar-refractivity contribution in [1.29, 1.82) is 5.26 Å². The first-order chi connectivity index (χ1) is 5.86. The van der Waals surface area contributed by atoms with Gasteiger partial charge >= 0.3 is 0 Å². The van der Waals surface area contributed by atoms with E-state index >= 15 is 0 Å². The van der Waals surface area contributed by atoms with E-state index in [2.05, 4.69) is 37.3 Å². The highest BCUT2D eigenvalue weighted by atomic mass is 32.2. The standard InChI is InChI=1S/C10H11NS/c1-2-9-3-5-10(6-4-9)12-8-7-11/h3-6H,2,8H2,1H3. The van der Waals surface area contributed by atoms with Crippen LogP contribution < -0.4 is 0 Å². The van der Waals surface area contributed by atoms with Crippen molar-refractivity contribution in [3.63, 3.8) is 0 Å². The lowest BCUT2D eigenvalue weighted by atomic mass is 10.2. The Morgan fingerprint density at radius 3 is 2.50 bits per heavy atom. The van der Waals surface area contributed by atoms with E-state index in [1.165, 1.54) is 10.5 Å². The number of rotatable bonds is 3. The second-order valence-electron chi connectivity index (χ2n) is 2.44. The van der Waals surface area contributed by atoms with Crippen LogP contribution in [0, 0.1) is 11.3 Å². The van der Waals surface area contributed by atoms with Gasteiger partial charge in [0.15, 0.2) is 0 Å². The van der Waals surface area contributed by atoms with Crippen LogP contribution in [0.1, 0.15) is 12.5 Å². The van der Waals surface area contributed by atoms with E-state index in [9.17, 15) is 0 Å². The third kappa shape index (κ3) is 2.60. The van der Waals surface area contributed by atoms with Gasteiger partial charge < -0.3 is 0 Å². The van der Waals surface area contributed by atoms with Crippen molar-refractivity contribution in [1.82, 2.24) is 0 Å². The average Bonchev–Trinajstić information content (AvgIpc) is 2.15. The lowest BCUT2D eigenvalue weighted by molar-refractivity contribution is 1.13. The molecule has 1 aromatic carbocycles. The number of hydrogen-bond donors (Lipinski definition) is 0. The molecule has 0 spiro atoms. The Kier molecular flexibility index (Phi) is 3.69. The maximum absolute atomic E-state index is 8.36. The van der Waals surface area contributed by atoms with Crippen LogP contribution in [0.5, 0.6) is 0 Å². The van der Waals surface area contributed by atoms with E-state index in [4.69, 9.17) is 5.26 Å². The molecule has 1 nitrogen and oxygen atoms in total. The minimum Gasteiger partial charge on any atom is -0.197 e. The molecule has 0 saturated carbocycles. The van der Waals surface area contributed by atoms with Crippen molar-refractivity contribution in [3.8, 4) is 6.07 Å². The first-order valence-corrected chi connectivity index (χ1v) is 4.94. The fraction of sp³-hybridized carbons (Fsp3) is 0.300. The first-order valence-electron chi connectivity index (χ1n) is 3.95. The third-order valence-corrected chi connectivity index (χ3v) is 2.51. The van der Waals surface area contributed by atoms with Crippen molar-refractivity contribution in [2.75, 3.05) is 5.75 Å². The predicted molar refractivity (Wildman–Crippen MR) is 52.2 cm³/mol. The molecule has 0 fully saturated rings. The molecule has 0 unspecified atom stereocenters. The normalized spacial score (nSPS) is 9.33. The smallest absolute Gasteiger partial charge is 0.0855 e. The van der Waals surface area contributed by atoms with Gasteiger partial charge in [-0.05, 0) is 24.1 Å². The zero-order valence-corrected chi connectivity index (χ0v) is 7.90. The molecule has 12 heavy (non-hydrogen) atoms. The highest BCUT2D eigenvalue weighted by molar-refractivity contribution is 7.99. The lowest BCUT2D eigenvalue weighted by Gasteiger charge is -1.98. The summed E-state index contributed by atoms with van der Waals surface area (Å²) in [5.74, 6) is 0.533. The summed E-state index contributed by atoms with van der Waals surface area (Å²) in [6, 6.07) is 10.5. The quantitative estimate of drug-likeness (QED) is 0.663. The Hall–Kier alpha value is -0.940.